The lowest BCUT2D eigenvalue weighted by molar-refractivity contribution is 0.122. The average molecular weight is 220 g/mol. The summed E-state index contributed by atoms with van der Waals surface area (Å²) >= 11 is 0. The van der Waals surface area contributed by atoms with Gasteiger partial charge in [0.15, 0.2) is 0 Å². The van der Waals surface area contributed by atoms with Gasteiger partial charge < -0.3 is 0 Å². The highest BCUT2D eigenvalue weighted by Crippen LogP contribution is 2.72. The molecule has 92 valence electrons. The zero-order valence-electron chi connectivity index (χ0n) is 11.7. The lowest BCUT2D eigenvalue weighted by Crippen LogP contribution is -2.30. The van der Waals surface area contributed by atoms with Crippen LogP contribution in [0.3, 0.4) is 0 Å². The first-order valence-corrected chi connectivity index (χ1v) is 7.36. The monoisotopic (exact) mass is 220 g/mol. The maximum absolute atomic E-state index is 2.54. The third-order valence-corrected chi connectivity index (χ3v) is 6.71. The first-order valence-electron chi connectivity index (χ1n) is 7.36. The standard InChI is InChI=1S/C16H28/c1-10-6-7-11-13(10)14-12(16(14,4)5)8-9-15(11,2)3/h10-14H,6-9H2,1-5H3/t10-,11+,12-,13-,14-/m1/s1. The highest BCUT2D eigenvalue weighted by Gasteiger charge is 2.65. The molecule has 0 spiro atoms. The van der Waals surface area contributed by atoms with Crippen molar-refractivity contribution >= 4 is 0 Å². The SMILES string of the molecule is C[C@@H]1CC[C@H]2[C@@H]1[C@H]1[C@@H](CCC2(C)C)C1(C)C. The van der Waals surface area contributed by atoms with Gasteiger partial charge in [0.25, 0.3) is 0 Å². The minimum absolute atomic E-state index is 0.624. The van der Waals surface area contributed by atoms with Gasteiger partial charge in [0, 0.05) is 0 Å². The maximum Gasteiger partial charge on any atom is -0.0289 e. The van der Waals surface area contributed by atoms with Crippen molar-refractivity contribution in [3.05, 3.63) is 0 Å². The summed E-state index contributed by atoms with van der Waals surface area (Å²) in [7, 11) is 0. The zero-order chi connectivity index (χ0) is 11.7. The highest BCUT2D eigenvalue weighted by atomic mass is 14.7. The summed E-state index contributed by atoms with van der Waals surface area (Å²) in [5.74, 6) is 5.20. The van der Waals surface area contributed by atoms with E-state index in [-0.39, 0.29) is 0 Å². The Kier molecular flexibility index (Phi) is 2.12. The van der Waals surface area contributed by atoms with Gasteiger partial charge in [-0.05, 0) is 59.7 Å². The van der Waals surface area contributed by atoms with Gasteiger partial charge in [0.1, 0.15) is 0 Å². The second kappa shape index (κ2) is 3.06. The van der Waals surface area contributed by atoms with E-state index >= 15 is 0 Å². The summed E-state index contributed by atoms with van der Waals surface area (Å²) in [5, 5.41) is 0. The van der Waals surface area contributed by atoms with Crippen LogP contribution in [0.15, 0.2) is 0 Å². The van der Waals surface area contributed by atoms with Crippen LogP contribution in [0.5, 0.6) is 0 Å². The molecule has 0 saturated heterocycles. The molecule has 0 nitrogen and oxygen atoms in total. The normalized spacial score (nSPS) is 52.7. The molecule has 0 aromatic rings. The molecule has 0 unspecified atom stereocenters. The van der Waals surface area contributed by atoms with Crippen LogP contribution in [0.4, 0.5) is 0 Å². The Morgan fingerprint density at radius 2 is 1.56 bits per heavy atom. The van der Waals surface area contributed by atoms with Crippen molar-refractivity contribution in [1.82, 2.24) is 0 Å². The minimum atomic E-state index is 0.624. The van der Waals surface area contributed by atoms with Crippen molar-refractivity contribution in [3.63, 3.8) is 0 Å². The minimum Gasteiger partial charge on any atom is -0.0622 e. The number of hydrogen-bond donors (Lipinski definition) is 0. The molecule has 3 fully saturated rings. The second-order valence-corrected chi connectivity index (χ2v) is 8.22. The third kappa shape index (κ3) is 1.28. The fourth-order valence-corrected chi connectivity index (χ4v) is 5.56. The molecular formula is C16H28. The van der Waals surface area contributed by atoms with Crippen molar-refractivity contribution < 1.29 is 0 Å². The summed E-state index contributed by atoms with van der Waals surface area (Å²) in [6.45, 7) is 12.7. The predicted octanol–water partition coefficient (Wildman–Crippen LogP) is 4.74. The van der Waals surface area contributed by atoms with E-state index < -0.39 is 0 Å². The Balaban J connectivity index is 1.94. The van der Waals surface area contributed by atoms with Crippen molar-refractivity contribution in [3.8, 4) is 0 Å². The van der Waals surface area contributed by atoms with Gasteiger partial charge in [-0.1, -0.05) is 41.0 Å². The predicted molar refractivity (Wildman–Crippen MR) is 69.2 cm³/mol. The van der Waals surface area contributed by atoms with Crippen LogP contribution in [0.25, 0.3) is 0 Å². The molecule has 0 heterocycles. The van der Waals surface area contributed by atoms with Crippen molar-refractivity contribution in [2.24, 2.45) is 40.4 Å². The largest absolute Gasteiger partial charge is 0.0622 e. The molecule has 0 aromatic carbocycles. The van der Waals surface area contributed by atoms with Crippen LogP contribution >= 0.6 is 0 Å². The van der Waals surface area contributed by atoms with Gasteiger partial charge in [-0.25, -0.2) is 0 Å². The van der Waals surface area contributed by atoms with E-state index in [0.29, 0.717) is 10.8 Å². The van der Waals surface area contributed by atoms with Gasteiger partial charge in [-0.3, -0.25) is 0 Å². The van der Waals surface area contributed by atoms with E-state index in [9.17, 15) is 0 Å². The van der Waals surface area contributed by atoms with Crippen molar-refractivity contribution in [2.75, 3.05) is 0 Å². The molecule has 0 aromatic heterocycles. The Morgan fingerprint density at radius 3 is 2.25 bits per heavy atom. The van der Waals surface area contributed by atoms with Crippen molar-refractivity contribution in [1.29, 1.82) is 0 Å². The molecule has 3 saturated carbocycles. The number of rotatable bonds is 0. The number of hydrogen-bond acceptors (Lipinski definition) is 0. The van der Waals surface area contributed by atoms with Crippen LogP contribution < -0.4 is 0 Å². The van der Waals surface area contributed by atoms with E-state index in [1.165, 1.54) is 25.7 Å². The zero-order valence-corrected chi connectivity index (χ0v) is 11.7. The van der Waals surface area contributed by atoms with Gasteiger partial charge in [-0.15, -0.1) is 0 Å². The lowest BCUT2D eigenvalue weighted by atomic mass is 9.68. The van der Waals surface area contributed by atoms with Crippen LogP contribution in [0.2, 0.25) is 0 Å². The van der Waals surface area contributed by atoms with Gasteiger partial charge in [0.05, 0.1) is 0 Å². The third-order valence-electron chi connectivity index (χ3n) is 6.71. The van der Waals surface area contributed by atoms with E-state index in [2.05, 4.69) is 34.6 Å². The van der Waals surface area contributed by atoms with Crippen LogP contribution in [0, 0.1) is 40.4 Å². The van der Waals surface area contributed by atoms with Gasteiger partial charge >= 0.3 is 0 Å². The maximum atomic E-state index is 2.54. The Hall–Kier alpha value is 0. The molecule has 0 amide bonds. The molecule has 0 aliphatic heterocycles. The molecule has 0 radical (unpaired) electrons. The van der Waals surface area contributed by atoms with Crippen molar-refractivity contribution in [2.45, 2.75) is 60.3 Å². The summed E-state index contributed by atoms with van der Waals surface area (Å²) < 4.78 is 0. The summed E-state index contributed by atoms with van der Waals surface area (Å²) in [6, 6.07) is 0. The first-order chi connectivity index (χ1) is 7.36. The Bertz CT molecular complexity index is 299. The highest BCUT2D eigenvalue weighted by molar-refractivity contribution is 5.14. The molecule has 3 rings (SSSR count). The second-order valence-electron chi connectivity index (χ2n) is 8.22. The van der Waals surface area contributed by atoms with Crippen LogP contribution in [-0.2, 0) is 0 Å². The lowest BCUT2D eigenvalue weighted by Gasteiger charge is -2.37. The quantitative estimate of drug-likeness (QED) is 0.553. The number of fused-ring (bicyclic) bond motifs is 3. The molecule has 0 heteroatoms. The van der Waals surface area contributed by atoms with Crippen LogP contribution in [-0.4, -0.2) is 0 Å². The topological polar surface area (TPSA) is 0 Å². The fraction of sp³-hybridized carbons (Fsp3) is 1.00. The summed E-state index contributed by atoms with van der Waals surface area (Å²) in [4.78, 5) is 0. The van der Waals surface area contributed by atoms with E-state index in [0.717, 1.165) is 29.6 Å². The summed E-state index contributed by atoms with van der Waals surface area (Å²) in [6.07, 6.45) is 5.99. The van der Waals surface area contributed by atoms with E-state index in [1.807, 2.05) is 0 Å². The molecule has 3 aliphatic rings. The Labute approximate surface area is 101 Å². The van der Waals surface area contributed by atoms with E-state index in [1.54, 1.807) is 0 Å². The molecule has 0 bridgehead atoms. The van der Waals surface area contributed by atoms with Gasteiger partial charge in [-0.2, -0.15) is 0 Å². The molecular weight excluding hydrogens is 192 g/mol. The molecule has 5 atom stereocenters. The molecule has 0 N–H and O–H groups in total. The Morgan fingerprint density at radius 1 is 0.875 bits per heavy atom. The first kappa shape index (κ1) is 11.1. The molecule has 3 aliphatic carbocycles. The van der Waals surface area contributed by atoms with Crippen LogP contribution in [0.1, 0.15) is 60.3 Å². The molecule has 16 heavy (non-hydrogen) atoms. The van der Waals surface area contributed by atoms with Gasteiger partial charge in [0.2, 0.25) is 0 Å². The average Bonchev–Trinajstić information content (AvgIpc) is 2.51. The fourth-order valence-electron chi connectivity index (χ4n) is 5.56. The smallest absolute Gasteiger partial charge is 0.0289 e. The summed E-state index contributed by atoms with van der Waals surface area (Å²) in [5.41, 5.74) is 1.30. The van der Waals surface area contributed by atoms with E-state index in [4.69, 9.17) is 0 Å².